The van der Waals surface area contributed by atoms with Gasteiger partial charge in [0.05, 0.1) is 26.3 Å². The van der Waals surface area contributed by atoms with Crippen molar-refractivity contribution in [2.24, 2.45) is 17.2 Å². The van der Waals surface area contributed by atoms with Crippen LogP contribution in [0.25, 0.3) is 0 Å². The highest BCUT2D eigenvalue weighted by Gasteiger charge is 2.04. The van der Waals surface area contributed by atoms with Crippen molar-refractivity contribution in [1.29, 1.82) is 0 Å². The lowest BCUT2D eigenvalue weighted by Crippen LogP contribution is -2.33. The van der Waals surface area contributed by atoms with Crippen molar-refractivity contribution in [3.05, 3.63) is 59.8 Å². The van der Waals surface area contributed by atoms with E-state index in [1.54, 1.807) is 36.4 Å². The van der Waals surface area contributed by atoms with Crippen molar-refractivity contribution in [3.8, 4) is 5.88 Å². The predicted molar refractivity (Wildman–Crippen MR) is 113 cm³/mol. The number of carbonyl (C=O) groups excluding carboxylic acids is 5. The zero-order chi connectivity index (χ0) is 24.5. The van der Waals surface area contributed by atoms with Crippen LogP contribution in [0, 0.1) is 0 Å². The lowest BCUT2D eigenvalue weighted by Gasteiger charge is -2.01. The summed E-state index contributed by atoms with van der Waals surface area (Å²) in [4.78, 5) is 55.9. The van der Waals surface area contributed by atoms with Crippen molar-refractivity contribution in [2.45, 2.75) is 6.42 Å². The first-order valence-corrected chi connectivity index (χ1v) is 8.87. The van der Waals surface area contributed by atoms with E-state index in [0.717, 1.165) is 0 Å². The van der Waals surface area contributed by atoms with Gasteiger partial charge in [-0.15, -0.1) is 0 Å². The van der Waals surface area contributed by atoms with Crippen LogP contribution in [0.3, 0.4) is 0 Å². The van der Waals surface area contributed by atoms with Gasteiger partial charge in [-0.25, -0.2) is 4.98 Å². The molecule has 2 aromatic rings. The van der Waals surface area contributed by atoms with Crippen LogP contribution in [-0.2, 0) is 19.1 Å². The van der Waals surface area contributed by atoms with E-state index in [9.17, 15) is 24.0 Å². The zero-order valence-corrected chi connectivity index (χ0v) is 17.6. The summed E-state index contributed by atoms with van der Waals surface area (Å²) >= 11 is 0. The lowest BCUT2D eigenvalue weighted by molar-refractivity contribution is -0.143. The van der Waals surface area contributed by atoms with Crippen LogP contribution in [0.2, 0.25) is 0 Å². The van der Waals surface area contributed by atoms with Crippen LogP contribution in [0.4, 0.5) is 0 Å². The molecule has 4 amide bonds. The average molecular weight is 447 g/mol. The molecule has 0 saturated carbocycles. The van der Waals surface area contributed by atoms with Gasteiger partial charge in [-0.1, -0.05) is 18.2 Å². The highest BCUT2D eigenvalue weighted by Crippen LogP contribution is 2.05. The van der Waals surface area contributed by atoms with Crippen molar-refractivity contribution >= 4 is 29.6 Å². The van der Waals surface area contributed by atoms with Crippen molar-refractivity contribution in [1.82, 2.24) is 10.3 Å². The summed E-state index contributed by atoms with van der Waals surface area (Å²) in [5.74, 6) is -2.13. The van der Waals surface area contributed by atoms with Gasteiger partial charge in [0.15, 0.2) is 0 Å². The van der Waals surface area contributed by atoms with Crippen LogP contribution in [0.1, 0.15) is 27.1 Å². The van der Waals surface area contributed by atoms with Crippen LogP contribution in [0.15, 0.2) is 48.7 Å². The second kappa shape index (κ2) is 15.4. The summed E-state index contributed by atoms with van der Waals surface area (Å²) in [6.45, 7) is -0.131. The van der Waals surface area contributed by atoms with Gasteiger partial charge in [0, 0.05) is 17.8 Å². The Morgan fingerprint density at radius 2 is 1.50 bits per heavy atom. The Balaban J connectivity index is 0.000000465. The molecule has 172 valence electrons. The van der Waals surface area contributed by atoms with Gasteiger partial charge in [0.1, 0.15) is 6.42 Å². The maximum absolute atomic E-state index is 11.2. The van der Waals surface area contributed by atoms with Gasteiger partial charge in [-0.05, 0) is 18.2 Å². The number of amides is 4. The molecule has 0 fully saturated rings. The summed E-state index contributed by atoms with van der Waals surface area (Å²) in [6.07, 6.45) is 1.04. The topological polar surface area (TPSA) is 207 Å². The van der Waals surface area contributed by atoms with Gasteiger partial charge in [0.2, 0.25) is 23.6 Å². The fraction of sp³-hybridized carbons (Fsp3) is 0.200. The Morgan fingerprint density at radius 1 is 0.875 bits per heavy atom. The summed E-state index contributed by atoms with van der Waals surface area (Å²) in [5.41, 5.74) is 15.4. The van der Waals surface area contributed by atoms with Crippen molar-refractivity contribution in [2.75, 3.05) is 20.8 Å². The Hall–Kier alpha value is -4.48. The number of nitrogens with one attached hydrogen (secondary N) is 1. The Bertz CT molecular complexity index is 902. The summed E-state index contributed by atoms with van der Waals surface area (Å²) in [5, 5.41) is 2.38. The highest BCUT2D eigenvalue weighted by molar-refractivity contribution is 5.96. The van der Waals surface area contributed by atoms with Crippen LogP contribution in [-0.4, -0.2) is 55.3 Å². The molecule has 12 nitrogen and oxygen atoms in total. The van der Waals surface area contributed by atoms with E-state index in [2.05, 4.69) is 20.8 Å². The van der Waals surface area contributed by atoms with Crippen molar-refractivity contribution in [3.63, 3.8) is 0 Å². The van der Waals surface area contributed by atoms with Gasteiger partial charge in [-0.3, -0.25) is 24.0 Å². The van der Waals surface area contributed by atoms with E-state index in [-0.39, 0.29) is 18.9 Å². The van der Waals surface area contributed by atoms with E-state index in [1.165, 1.54) is 20.4 Å². The molecule has 32 heavy (non-hydrogen) atoms. The minimum Gasteiger partial charge on any atom is -0.481 e. The normalized spacial score (nSPS) is 8.94. The average Bonchev–Trinajstić information content (AvgIpc) is 2.78. The quantitative estimate of drug-likeness (QED) is 0.309. The zero-order valence-electron chi connectivity index (χ0n) is 17.6. The monoisotopic (exact) mass is 447 g/mol. The number of nitrogens with two attached hydrogens (primary N) is 3. The van der Waals surface area contributed by atoms with E-state index in [0.29, 0.717) is 17.0 Å². The fourth-order valence-electron chi connectivity index (χ4n) is 1.72. The molecule has 7 N–H and O–H groups in total. The number of nitrogens with zero attached hydrogens (tertiary/aromatic N) is 1. The number of rotatable bonds is 7. The van der Waals surface area contributed by atoms with E-state index in [4.69, 9.17) is 16.2 Å². The molecule has 0 aliphatic carbocycles. The fourth-order valence-corrected chi connectivity index (χ4v) is 1.72. The minimum absolute atomic E-state index is 0.131. The third kappa shape index (κ3) is 12.9. The molecule has 0 atom stereocenters. The molecular weight excluding hydrogens is 422 g/mol. The van der Waals surface area contributed by atoms with E-state index in [1.807, 2.05) is 6.07 Å². The van der Waals surface area contributed by atoms with Gasteiger partial charge in [0.25, 0.3) is 5.91 Å². The smallest absolute Gasteiger partial charge is 0.315 e. The Labute approximate surface area is 184 Å². The molecular formula is C20H25N5O7. The Kier molecular flexibility index (Phi) is 13.2. The number of methoxy groups -OCH3 is 2. The number of aromatic nitrogens is 1. The van der Waals surface area contributed by atoms with Gasteiger partial charge >= 0.3 is 5.97 Å². The van der Waals surface area contributed by atoms with Crippen LogP contribution < -0.4 is 27.3 Å². The number of carbonyl (C=O) groups is 5. The van der Waals surface area contributed by atoms with Gasteiger partial charge < -0.3 is 32.0 Å². The number of esters is 1. The summed E-state index contributed by atoms with van der Waals surface area (Å²) in [7, 11) is 2.71. The SMILES string of the molecule is COC(=O)CC(N)=O.COc1ccc(C(N)=O)cn1.NC(=O)CNC(=O)c1ccccc1. The largest absolute Gasteiger partial charge is 0.481 e. The summed E-state index contributed by atoms with van der Waals surface area (Å²) in [6, 6.07) is 11.8. The maximum Gasteiger partial charge on any atom is 0.315 e. The number of pyridine rings is 1. The molecule has 0 spiro atoms. The van der Waals surface area contributed by atoms with Crippen LogP contribution >= 0.6 is 0 Å². The molecule has 0 aliphatic rings. The molecule has 0 saturated heterocycles. The molecule has 0 unspecified atom stereocenters. The molecule has 0 bridgehead atoms. The minimum atomic E-state index is -0.670. The molecule has 2 rings (SSSR count). The Morgan fingerprint density at radius 3 is 1.88 bits per heavy atom. The second-order valence-electron chi connectivity index (χ2n) is 5.69. The number of hydrogen-bond acceptors (Lipinski definition) is 8. The maximum atomic E-state index is 11.2. The molecule has 1 aromatic carbocycles. The first kappa shape index (κ1) is 27.5. The molecule has 0 radical (unpaired) electrons. The van der Waals surface area contributed by atoms with Crippen LogP contribution in [0.5, 0.6) is 5.88 Å². The molecule has 1 aromatic heterocycles. The first-order valence-electron chi connectivity index (χ1n) is 8.87. The highest BCUT2D eigenvalue weighted by atomic mass is 16.5. The number of benzene rings is 1. The number of primary amides is 3. The van der Waals surface area contributed by atoms with Crippen molar-refractivity contribution < 1.29 is 33.4 Å². The van der Waals surface area contributed by atoms with E-state index >= 15 is 0 Å². The number of hydrogen-bond donors (Lipinski definition) is 4. The third-order valence-corrected chi connectivity index (χ3v) is 3.24. The second-order valence-corrected chi connectivity index (χ2v) is 5.69. The third-order valence-electron chi connectivity index (χ3n) is 3.24. The molecule has 12 heteroatoms. The predicted octanol–water partition coefficient (Wildman–Crippen LogP) is -0.874. The molecule has 0 aliphatic heterocycles. The standard InChI is InChI=1S/C9H10N2O2.C7H8N2O2.C4H7NO3/c10-8(12)6-11-9(13)7-4-2-1-3-5-7;1-11-6-3-2-5(4-9-6)7(8)10;1-8-4(7)2-3(5)6/h1-5H,6H2,(H2,10,12)(H,11,13);2-4H,1H3,(H2,8,10);2H2,1H3,(H2,5,6). The molecule has 1 heterocycles. The lowest BCUT2D eigenvalue weighted by atomic mass is 10.2. The van der Waals surface area contributed by atoms with Gasteiger partial charge in [-0.2, -0.15) is 0 Å². The number of ether oxygens (including phenoxy) is 2. The first-order chi connectivity index (χ1) is 15.1. The van der Waals surface area contributed by atoms with E-state index < -0.39 is 23.7 Å². The summed E-state index contributed by atoms with van der Waals surface area (Å²) < 4.78 is 8.91.